The molecule has 0 bridgehead atoms. The number of nitrogens with one attached hydrogen (secondary N) is 1. The molecule has 1 atom stereocenters. The maximum absolute atomic E-state index is 9.19. The summed E-state index contributed by atoms with van der Waals surface area (Å²) in [6, 6.07) is 8.03. The number of aliphatic hydroxyl groups is 1. The number of fused-ring (bicyclic) bond motifs is 1. The first kappa shape index (κ1) is 9.24. The van der Waals surface area contributed by atoms with Crippen molar-refractivity contribution in [3.05, 3.63) is 36.0 Å². The van der Waals surface area contributed by atoms with Crippen LogP contribution in [0.1, 0.15) is 11.5 Å². The molecule has 14 heavy (non-hydrogen) atoms. The molecule has 1 aromatic heterocycles. The first-order valence-electron chi connectivity index (χ1n) is 4.73. The highest BCUT2D eigenvalue weighted by Gasteiger charge is 2.11. The SMILES string of the molecule is NCC(CO)c1cccc2[nH]ccc12. The van der Waals surface area contributed by atoms with Crippen LogP contribution in [-0.4, -0.2) is 23.2 Å². The Morgan fingerprint density at radius 2 is 2.21 bits per heavy atom. The molecule has 0 aliphatic carbocycles. The minimum atomic E-state index is 0.0366. The molecule has 1 aromatic carbocycles. The van der Waals surface area contributed by atoms with Crippen molar-refractivity contribution < 1.29 is 5.11 Å². The predicted octanol–water partition coefficient (Wildman–Crippen LogP) is 1.20. The zero-order valence-electron chi connectivity index (χ0n) is 7.90. The monoisotopic (exact) mass is 190 g/mol. The molecule has 2 rings (SSSR count). The summed E-state index contributed by atoms with van der Waals surface area (Å²) in [4.78, 5) is 3.14. The minimum absolute atomic E-state index is 0.0366. The lowest BCUT2D eigenvalue weighted by Gasteiger charge is -2.12. The third kappa shape index (κ3) is 1.41. The van der Waals surface area contributed by atoms with E-state index in [1.807, 2.05) is 30.5 Å². The van der Waals surface area contributed by atoms with Crippen molar-refractivity contribution in [3.63, 3.8) is 0 Å². The summed E-state index contributed by atoms with van der Waals surface area (Å²) in [5, 5.41) is 10.3. The van der Waals surface area contributed by atoms with Crippen LogP contribution >= 0.6 is 0 Å². The lowest BCUT2D eigenvalue weighted by Crippen LogP contribution is -2.16. The molecule has 74 valence electrons. The van der Waals surface area contributed by atoms with Gasteiger partial charge >= 0.3 is 0 Å². The number of H-pyrrole nitrogens is 1. The van der Waals surface area contributed by atoms with Gasteiger partial charge in [-0.1, -0.05) is 12.1 Å². The average Bonchev–Trinajstić information content (AvgIpc) is 2.68. The second-order valence-electron chi connectivity index (χ2n) is 3.40. The zero-order chi connectivity index (χ0) is 9.97. The normalized spacial score (nSPS) is 13.3. The van der Waals surface area contributed by atoms with Crippen LogP contribution in [0.25, 0.3) is 10.9 Å². The highest BCUT2D eigenvalue weighted by atomic mass is 16.3. The van der Waals surface area contributed by atoms with Crippen LogP contribution in [0.2, 0.25) is 0 Å². The number of benzene rings is 1. The number of nitrogens with two attached hydrogens (primary N) is 1. The predicted molar refractivity (Wildman–Crippen MR) is 57.2 cm³/mol. The fraction of sp³-hybridized carbons (Fsp3) is 0.273. The van der Waals surface area contributed by atoms with E-state index in [1.165, 1.54) is 0 Å². The topological polar surface area (TPSA) is 62.0 Å². The van der Waals surface area contributed by atoms with E-state index in [0.29, 0.717) is 6.54 Å². The van der Waals surface area contributed by atoms with E-state index in [4.69, 9.17) is 5.73 Å². The van der Waals surface area contributed by atoms with Crippen molar-refractivity contribution in [1.82, 2.24) is 4.98 Å². The van der Waals surface area contributed by atoms with E-state index in [1.54, 1.807) is 0 Å². The van der Waals surface area contributed by atoms with Gasteiger partial charge in [0, 0.05) is 29.6 Å². The second-order valence-corrected chi connectivity index (χ2v) is 3.40. The molecule has 3 heteroatoms. The Balaban J connectivity index is 2.54. The number of aliphatic hydroxyl groups excluding tert-OH is 1. The van der Waals surface area contributed by atoms with E-state index >= 15 is 0 Å². The van der Waals surface area contributed by atoms with E-state index in [0.717, 1.165) is 16.5 Å². The highest BCUT2D eigenvalue weighted by Crippen LogP contribution is 2.24. The van der Waals surface area contributed by atoms with Gasteiger partial charge in [-0.3, -0.25) is 0 Å². The van der Waals surface area contributed by atoms with Crippen molar-refractivity contribution in [2.75, 3.05) is 13.2 Å². The maximum Gasteiger partial charge on any atom is 0.0512 e. The van der Waals surface area contributed by atoms with Gasteiger partial charge in [0.25, 0.3) is 0 Å². The fourth-order valence-corrected chi connectivity index (χ4v) is 1.77. The Kier molecular flexibility index (Phi) is 2.52. The van der Waals surface area contributed by atoms with E-state index in [9.17, 15) is 5.11 Å². The number of hydrogen-bond donors (Lipinski definition) is 3. The van der Waals surface area contributed by atoms with Crippen molar-refractivity contribution in [3.8, 4) is 0 Å². The summed E-state index contributed by atoms with van der Waals surface area (Å²) in [6.45, 7) is 0.571. The summed E-state index contributed by atoms with van der Waals surface area (Å²) in [7, 11) is 0. The number of aromatic amines is 1. The first-order chi connectivity index (χ1) is 6.86. The van der Waals surface area contributed by atoms with Gasteiger partial charge < -0.3 is 15.8 Å². The van der Waals surface area contributed by atoms with E-state index < -0.39 is 0 Å². The highest BCUT2D eigenvalue weighted by molar-refractivity contribution is 5.83. The molecule has 0 amide bonds. The van der Waals surface area contributed by atoms with Crippen LogP contribution < -0.4 is 5.73 Å². The molecule has 1 unspecified atom stereocenters. The van der Waals surface area contributed by atoms with Crippen LogP contribution in [0.5, 0.6) is 0 Å². The lowest BCUT2D eigenvalue weighted by atomic mass is 9.97. The van der Waals surface area contributed by atoms with Crippen LogP contribution in [0, 0.1) is 0 Å². The smallest absolute Gasteiger partial charge is 0.0512 e. The van der Waals surface area contributed by atoms with Crippen LogP contribution in [0.3, 0.4) is 0 Å². The van der Waals surface area contributed by atoms with E-state index in [-0.39, 0.29) is 12.5 Å². The van der Waals surface area contributed by atoms with Crippen LogP contribution in [0.4, 0.5) is 0 Å². The Bertz CT molecular complexity index is 418. The molecule has 3 nitrogen and oxygen atoms in total. The Labute approximate surface area is 82.6 Å². The minimum Gasteiger partial charge on any atom is -0.396 e. The summed E-state index contributed by atoms with van der Waals surface area (Å²) < 4.78 is 0. The summed E-state index contributed by atoms with van der Waals surface area (Å²) in [6.07, 6.45) is 1.90. The van der Waals surface area contributed by atoms with Gasteiger partial charge in [0.05, 0.1) is 6.61 Å². The molecular formula is C11H14N2O. The van der Waals surface area contributed by atoms with Crippen molar-refractivity contribution in [2.45, 2.75) is 5.92 Å². The summed E-state index contributed by atoms with van der Waals surface area (Å²) >= 11 is 0. The molecule has 4 N–H and O–H groups in total. The number of rotatable bonds is 3. The molecule has 0 radical (unpaired) electrons. The van der Waals surface area contributed by atoms with Gasteiger partial charge in [-0.25, -0.2) is 0 Å². The Hall–Kier alpha value is -1.32. The zero-order valence-corrected chi connectivity index (χ0v) is 7.90. The molecule has 0 fully saturated rings. The molecular weight excluding hydrogens is 176 g/mol. The van der Waals surface area contributed by atoms with Crippen LogP contribution in [-0.2, 0) is 0 Å². The van der Waals surface area contributed by atoms with E-state index in [2.05, 4.69) is 4.98 Å². The van der Waals surface area contributed by atoms with Gasteiger partial charge in [0.15, 0.2) is 0 Å². The number of hydrogen-bond acceptors (Lipinski definition) is 2. The van der Waals surface area contributed by atoms with Crippen LogP contribution in [0.15, 0.2) is 30.5 Å². The largest absolute Gasteiger partial charge is 0.396 e. The van der Waals surface area contributed by atoms with Gasteiger partial charge in [0.2, 0.25) is 0 Å². The van der Waals surface area contributed by atoms with Gasteiger partial charge in [-0.05, 0) is 17.7 Å². The Morgan fingerprint density at radius 3 is 2.93 bits per heavy atom. The maximum atomic E-state index is 9.19. The third-order valence-electron chi connectivity index (χ3n) is 2.57. The quantitative estimate of drug-likeness (QED) is 0.681. The summed E-state index contributed by atoms with van der Waals surface area (Å²) in [5.41, 5.74) is 7.82. The van der Waals surface area contributed by atoms with Crippen molar-refractivity contribution in [2.24, 2.45) is 5.73 Å². The molecule has 1 heterocycles. The number of aromatic nitrogens is 1. The molecule has 0 saturated heterocycles. The second kappa shape index (κ2) is 3.82. The fourth-order valence-electron chi connectivity index (χ4n) is 1.77. The Morgan fingerprint density at radius 1 is 1.36 bits per heavy atom. The van der Waals surface area contributed by atoms with Gasteiger partial charge in [-0.15, -0.1) is 0 Å². The van der Waals surface area contributed by atoms with Crippen molar-refractivity contribution in [1.29, 1.82) is 0 Å². The molecule has 0 saturated carbocycles. The van der Waals surface area contributed by atoms with Crippen molar-refractivity contribution >= 4 is 10.9 Å². The standard InChI is InChI=1S/C11H14N2O/c12-6-8(7-14)9-2-1-3-11-10(9)4-5-13-11/h1-5,8,13-14H,6-7,12H2. The molecule has 0 aliphatic rings. The first-order valence-corrected chi connectivity index (χ1v) is 4.73. The molecule has 0 spiro atoms. The molecule has 0 aliphatic heterocycles. The average molecular weight is 190 g/mol. The lowest BCUT2D eigenvalue weighted by molar-refractivity contribution is 0.268. The summed E-state index contributed by atoms with van der Waals surface area (Å²) in [5.74, 6) is 0.0366. The molecule has 2 aromatic rings. The third-order valence-corrected chi connectivity index (χ3v) is 2.57. The van der Waals surface area contributed by atoms with Gasteiger partial charge in [0.1, 0.15) is 0 Å². The van der Waals surface area contributed by atoms with Gasteiger partial charge in [-0.2, -0.15) is 0 Å².